The minimum atomic E-state index is -0.484. The van der Waals surface area contributed by atoms with E-state index in [2.05, 4.69) is 9.88 Å². The van der Waals surface area contributed by atoms with Crippen molar-refractivity contribution in [2.75, 3.05) is 38.3 Å². The van der Waals surface area contributed by atoms with Crippen LogP contribution in [0.5, 0.6) is 17.2 Å². The van der Waals surface area contributed by atoms with Crippen LogP contribution in [0.25, 0.3) is 10.8 Å². The highest BCUT2D eigenvalue weighted by atomic mass is 16.6. The molecule has 0 unspecified atom stereocenters. The molecule has 8 nitrogen and oxygen atoms in total. The van der Waals surface area contributed by atoms with Crippen molar-refractivity contribution in [1.82, 2.24) is 4.98 Å². The van der Waals surface area contributed by atoms with Crippen molar-refractivity contribution in [2.24, 2.45) is 0 Å². The molecule has 3 rings (SSSR count). The smallest absolute Gasteiger partial charge is 0.308 e. The molecule has 0 spiro atoms. The Labute approximate surface area is 150 Å². The average molecular weight is 360 g/mol. The number of benzene rings is 1. The van der Waals surface area contributed by atoms with Gasteiger partial charge in [0, 0.05) is 44.6 Å². The van der Waals surface area contributed by atoms with E-state index in [1.54, 1.807) is 6.20 Å². The Morgan fingerprint density at radius 1 is 1.04 bits per heavy atom. The van der Waals surface area contributed by atoms with Crippen LogP contribution in [-0.2, 0) is 14.3 Å². The topological polar surface area (TPSA) is 87.2 Å². The van der Waals surface area contributed by atoms with Crippen LogP contribution < -0.4 is 19.1 Å². The minimum Gasteiger partial charge on any atom is -0.493 e. The Morgan fingerprint density at radius 3 is 2.35 bits per heavy atom. The Balaban J connectivity index is 2.17. The minimum absolute atomic E-state index is 0.243. The van der Waals surface area contributed by atoms with Gasteiger partial charge in [0.2, 0.25) is 0 Å². The Kier molecular flexibility index (Phi) is 5.22. The second-order valence-electron chi connectivity index (χ2n) is 5.78. The van der Waals surface area contributed by atoms with Crippen LogP contribution in [0.15, 0.2) is 18.3 Å². The van der Waals surface area contributed by atoms with Gasteiger partial charge < -0.3 is 23.8 Å². The van der Waals surface area contributed by atoms with Gasteiger partial charge in [-0.15, -0.1) is 0 Å². The molecule has 2 heterocycles. The summed E-state index contributed by atoms with van der Waals surface area (Å²) in [6.07, 6.45) is 1.59. The van der Waals surface area contributed by atoms with Crippen LogP contribution in [-0.4, -0.2) is 50.3 Å². The number of pyridine rings is 1. The molecule has 8 heteroatoms. The summed E-state index contributed by atoms with van der Waals surface area (Å²) < 4.78 is 21.3. The molecule has 0 radical (unpaired) electrons. The average Bonchev–Trinajstić information content (AvgIpc) is 2.63. The number of fused-ring (bicyclic) bond motifs is 1. The maximum Gasteiger partial charge on any atom is 0.308 e. The summed E-state index contributed by atoms with van der Waals surface area (Å²) in [5, 5.41) is 1.13. The van der Waals surface area contributed by atoms with Gasteiger partial charge in [0.25, 0.3) is 0 Å². The zero-order valence-electron chi connectivity index (χ0n) is 14.9. The highest BCUT2D eigenvalue weighted by molar-refractivity contribution is 5.98. The molecular formula is C18H20N2O6. The first kappa shape index (κ1) is 17.9. The molecule has 0 atom stereocenters. The van der Waals surface area contributed by atoms with E-state index >= 15 is 0 Å². The summed E-state index contributed by atoms with van der Waals surface area (Å²) in [6, 6.07) is 3.34. The summed E-state index contributed by atoms with van der Waals surface area (Å²) in [6.45, 7) is 5.31. The van der Waals surface area contributed by atoms with E-state index in [0.29, 0.717) is 42.8 Å². The lowest BCUT2D eigenvalue weighted by molar-refractivity contribution is -0.133. The molecule has 1 aliphatic heterocycles. The van der Waals surface area contributed by atoms with Gasteiger partial charge in [-0.05, 0) is 6.07 Å². The molecule has 0 N–H and O–H groups in total. The summed E-state index contributed by atoms with van der Waals surface area (Å²) in [5.74, 6) is 0.627. The first-order chi connectivity index (χ1) is 12.5. The molecule has 0 bridgehead atoms. The number of aromatic nitrogens is 1. The maximum atomic E-state index is 11.5. The number of carbonyl (C=O) groups excluding carboxylic acids is 2. The third kappa shape index (κ3) is 3.70. The predicted molar refractivity (Wildman–Crippen MR) is 93.9 cm³/mol. The number of anilines is 1. The number of morpholine rings is 1. The van der Waals surface area contributed by atoms with Gasteiger partial charge in [-0.2, -0.15) is 0 Å². The normalized spacial score (nSPS) is 14.2. The quantitative estimate of drug-likeness (QED) is 0.604. The lowest BCUT2D eigenvalue weighted by Crippen LogP contribution is -2.36. The summed E-state index contributed by atoms with van der Waals surface area (Å²) in [7, 11) is 1.45. The fourth-order valence-electron chi connectivity index (χ4n) is 2.83. The van der Waals surface area contributed by atoms with Gasteiger partial charge >= 0.3 is 11.9 Å². The van der Waals surface area contributed by atoms with Crippen LogP contribution in [0.2, 0.25) is 0 Å². The van der Waals surface area contributed by atoms with Gasteiger partial charge in [-0.3, -0.25) is 9.59 Å². The van der Waals surface area contributed by atoms with Crippen molar-refractivity contribution >= 4 is 28.5 Å². The molecule has 1 aromatic heterocycles. The molecule has 1 fully saturated rings. The zero-order chi connectivity index (χ0) is 18.7. The number of hydrogen-bond donors (Lipinski definition) is 0. The molecule has 1 saturated heterocycles. The lowest BCUT2D eigenvalue weighted by Gasteiger charge is -2.28. The van der Waals surface area contributed by atoms with E-state index in [4.69, 9.17) is 18.9 Å². The van der Waals surface area contributed by atoms with Crippen LogP contribution in [0.4, 0.5) is 5.82 Å². The highest BCUT2D eigenvalue weighted by Gasteiger charge is 2.20. The molecule has 26 heavy (non-hydrogen) atoms. The number of methoxy groups -OCH3 is 1. The second kappa shape index (κ2) is 7.57. The van der Waals surface area contributed by atoms with Gasteiger partial charge in [0.1, 0.15) is 11.6 Å². The summed E-state index contributed by atoms with van der Waals surface area (Å²) in [5.41, 5.74) is 0. The standard InChI is InChI=1S/C18H20N2O6/c1-11(21)25-15-9-16(23-3)18(26-12(2)22)14-10-19-17(8-13(14)15)20-4-6-24-7-5-20/h8-10H,4-7H2,1-3H3. The number of hydrogen-bond acceptors (Lipinski definition) is 8. The van der Waals surface area contributed by atoms with Crippen molar-refractivity contribution in [3.63, 3.8) is 0 Å². The molecule has 2 aromatic rings. The molecule has 0 amide bonds. The van der Waals surface area contributed by atoms with Crippen molar-refractivity contribution in [3.05, 3.63) is 18.3 Å². The fraction of sp³-hybridized carbons (Fsp3) is 0.389. The first-order valence-electron chi connectivity index (χ1n) is 8.20. The van der Waals surface area contributed by atoms with Gasteiger partial charge in [0.05, 0.1) is 25.7 Å². The molecule has 138 valence electrons. The maximum absolute atomic E-state index is 11.5. The third-order valence-corrected chi connectivity index (χ3v) is 3.94. The largest absolute Gasteiger partial charge is 0.493 e. The number of esters is 2. The Bertz CT molecular complexity index is 845. The monoisotopic (exact) mass is 360 g/mol. The Hall–Kier alpha value is -2.87. The van der Waals surface area contributed by atoms with Crippen LogP contribution >= 0.6 is 0 Å². The molecule has 1 aliphatic rings. The van der Waals surface area contributed by atoms with Gasteiger partial charge in [0.15, 0.2) is 11.5 Å². The van der Waals surface area contributed by atoms with Gasteiger partial charge in [-0.25, -0.2) is 4.98 Å². The van der Waals surface area contributed by atoms with E-state index < -0.39 is 11.9 Å². The summed E-state index contributed by atoms with van der Waals surface area (Å²) in [4.78, 5) is 29.6. The number of carbonyl (C=O) groups is 2. The van der Waals surface area contributed by atoms with Crippen LogP contribution in [0.1, 0.15) is 13.8 Å². The second-order valence-corrected chi connectivity index (χ2v) is 5.78. The van der Waals surface area contributed by atoms with Crippen molar-refractivity contribution < 1.29 is 28.5 Å². The lowest BCUT2D eigenvalue weighted by atomic mass is 10.1. The molecular weight excluding hydrogens is 340 g/mol. The summed E-state index contributed by atoms with van der Waals surface area (Å²) >= 11 is 0. The molecule has 0 saturated carbocycles. The third-order valence-electron chi connectivity index (χ3n) is 3.94. The van der Waals surface area contributed by atoms with E-state index in [1.165, 1.54) is 27.0 Å². The fourth-order valence-corrected chi connectivity index (χ4v) is 2.83. The van der Waals surface area contributed by atoms with E-state index in [0.717, 1.165) is 5.82 Å². The van der Waals surface area contributed by atoms with Crippen LogP contribution in [0.3, 0.4) is 0 Å². The van der Waals surface area contributed by atoms with E-state index in [1.807, 2.05) is 6.07 Å². The zero-order valence-corrected chi connectivity index (χ0v) is 14.9. The van der Waals surface area contributed by atoms with Crippen molar-refractivity contribution in [3.8, 4) is 17.2 Å². The van der Waals surface area contributed by atoms with E-state index in [-0.39, 0.29) is 11.5 Å². The highest BCUT2D eigenvalue weighted by Crippen LogP contribution is 2.42. The molecule has 1 aromatic carbocycles. The predicted octanol–water partition coefficient (Wildman–Crippen LogP) is 1.93. The van der Waals surface area contributed by atoms with Crippen molar-refractivity contribution in [2.45, 2.75) is 13.8 Å². The van der Waals surface area contributed by atoms with Crippen LogP contribution in [0, 0.1) is 0 Å². The SMILES string of the molecule is COc1cc(OC(C)=O)c2cc(N3CCOCC3)ncc2c1OC(C)=O. The Morgan fingerprint density at radius 2 is 1.73 bits per heavy atom. The van der Waals surface area contributed by atoms with Gasteiger partial charge in [-0.1, -0.05) is 0 Å². The molecule has 0 aliphatic carbocycles. The number of ether oxygens (including phenoxy) is 4. The first-order valence-corrected chi connectivity index (χ1v) is 8.20. The van der Waals surface area contributed by atoms with Crippen molar-refractivity contribution in [1.29, 1.82) is 0 Å². The van der Waals surface area contributed by atoms with E-state index in [9.17, 15) is 9.59 Å². The number of rotatable bonds is 4. The number of nitrogens with zero attached hydrogens (tertiary/aromatic N) is 2.